The van der Waals surface area contributed by atoms with Crippen LogP contribution in [0.3, 0.4) is 0 Å². The van der Waals surface area contributed by atoms with Gasteiger partial charge in [0.25, 0.3) is 0 Å². The zero-order chi connectivity index (χ0) is 16.2. The SMILES string of the molecule is C[C@H]1CNCCN1C(=O)CCc1ccc(OC(F)(F)F)cc1. The summed E-state index contributed by atoms with van der Waals surface area (Å²) < 4.78 is 40.0. The minimum absolute atomic E-state index is 0.0737. The zero-order valence-corrected chi connectivity index (χ0v) is 12.3. The molecule has 22 heavy (non-hydrogen) atoms. The van der Waals surface area contributed by atoms with Gasteiger partial charge in [-0.25, -0.2) is 0 Å². The van der Waals surface area contributed by atoms with Gasteiger partial charge in [0.1, 0.15) is 5.75 Å². The second-order valence-electron chi connectivity index (χ2n) is 5.33. The van der Waals surface area contributed by atoms with Gasteiger partial charge in [-0.15, -0.1) is 13.2 Å². The molecule has 1 aromatic rings. The fourth-order valence-electron chi connectivity index (χ4n) is 2.46. The van der Waals surface area contributed by atoms with Crippen LogP contribution in [0.15, 0.2) is 24.3 Å². The molecule has 0 radical (unpaired) electrons. The molecule has 122 valence electrons. The van der Waals surface area contributed by atoms with Crippen molar-refractivity contribution in [3.63, 3.8) is 0 Å². The standard InChI is InChI=1S/C15H19F3N2O2/c1-11-10-19-8-9-20(11)14(21)7-4-12-2-5-13(6-3-12)22-15(16,17)18/h2-3,5-6,11,19H,4,7-10H2,1H3/t11-/m0/s1. The molecule has 0 saturated carbocycles. The van der Waals surface area contributed by atoms with Gasteiger partial charge in [-0.2, -0.15) is 0 Å². The molecule has 0 unspecified atom stereocenters. The van der Waals surface area contributed by atoms with Crippen LogP contribution in [-0.2, 0) is 11.2 Å². The number of nitrogens with one attached hydrogen (secondary N) is 1. The lowest BCUT2D eigenvalue weighted by Gasteiger charge is -2.34. The number of amides is 1. The summed E-state index contributed by atoms with van der Waals surface area (Å²) in [4.78, 5) is 14.0. The lowest BCUT2D eigenvalue weighted by molar-refractivity contribution is -0.274. The molecule has 1 aliphatic heterocycles. The highest BCUT2D eigenvalue weighted by Crippen LogP contribution is 2.23. The van der Waals surface area contributed by atoms with Gasteiger partial charge >= 0.3 is 6.36 Å². The van der Waals surface area contributed by atoms with Crippen molar-refractivity contribution < 1.29 is 22.7 Å². The minimum atomic E-state index is -4.68. The Morgan fingerprint density at radius 3 is 2.64 bits per heavy atom. The van der Waals surface area contributed by atoms with Gasteiger partial charge in [0.15, 0.2) is 0 Å². The highest BCUT2D eigenvalue weighted by atomic mass is 19.4. The average Bonchev–Trinajstić information content (AvgIpc) is 2.45. The Kier molecular flexibility index (Phi) is 5.28. The Hall–Kier alpha value is -1.76. The number of piperazine rings is 1. The Morgan fingerprint density at radius 2 is 2.05 bits per heavy atom. The Labute approximate surface area is 127 Å². The highest BCUT2D eigenvalue weighted by Gasteiger charge is 2.31. The van der Waals surface area contributed by atoms with Crippen molar-refractivity contribution in [2.24, 2.45) is 0 Å². The maximum Gasteiger partial charge on any atom is 0.573 e. The van der Waals surface area contributed by atoms with Gasteiger partial charge < -0.3 is 15.0 Å². The number of benzene rings is 1. The summed E-state index contributed by atoms with van der Waals surface area (Å²) in [5.41, 5.74) is 0.811. The van der Waals surface area contributed by atoms with Crippen molar-refractivity contribution in [2.45, 2.75) is 32.2 Å². The summed E-state index contributed by atoms with van der Waals surface area (Å²) >= 11 is 0. The number of hydrogen-bond acceptors (Lipinski definition) is 3. The fourth-order valence-corrected chi connectivity index (χ4v) is 2.46. The maximum absolute atomic E-state index is 12.2. The first-order valence-corrected chi connectivity index (χ1v) is 7.20. The van der Waals surface area contributed by atoms with Crippen LogP contribution in [0.2, 0.25) is 0 Å². The zero-order valence-electron chi connectivity index (χ0n) is 12.3. The molecule has 1 amide bonds. The van der Waals surface area contributed by atoms with Crippen molar-refractivity contribution in [2.75, 3.05) is 19.6 Å². The van der Waals surface area contributed by atoms with E-state index in [0.29, 0.717) is 19.4 Å². The molecule has 1 heterocycles. The highest BCUT2D eigenvalue weighted by molar-refractivity contribution is 5.77. The van der Waals surface area contributed by atoms with Crippen LogP contribution in [0.25, 0.3) is 0 Å². The monoisotopic (exact) mass is 316 g/mol. The van der Waals surface area contributed by atoms with Crippen LogP contribution >= 0.6 is 0 Å². The van der Waals surface area contributed by atoms with E-state index in [4.69, 9.17) is 0 Å². The average molecular weight is 316 g/mol. The van der Waals surface area contributed by atoms with Crippen molar-refractivity contribution in [3.8, 4) is 5.75 Å². The number of ether oxygens (including phenoxy) is 1. The van der Waals surface area contributed by atoms with Crippen molar-refractivity contribution in [1.29, 1.82) is 0 Å². The predicted octanol–water partition coefficient (Wildman–Crippen LogP) is 2.34. The van der Waals surface area contributed by atoms with Crippen molar-refractivity contribution in [1.82, 2.24) is 10.2 Å². The second kappa shape index (κ2) is 7.00. The molecule has 1 saturated heterocycles. The van der Waals surface area contributed by atoms with E-state index in [0.717, 1.165) is 18.7 Å². The number of carbonyl (C=O) groups excluding carboxylic acids is 1. The molecular weight excluding hydrogens is 297 g/mol. The number of halogens is 3. The number of hydrogen-bond donors (Lipinski definition) is 1. The molecule has 2 rings (SSSR count). The number of aryl methyl sites for hydroxylation is 1. The van der Waals surface area contributed by atoms with E-state index in [1.54, 1.807) is 12.1 Å². The summed E-state index contributed by atoms with van der Waals surface area (Å²) in [5.74, 6) is -0.178. The van der Waals surface area contributed by atoms with E-state index in [1.165, 1.54) is 12.1 Å². The molecule has 7 heteroatoms. The summed E-state index contributed by atoms with van der Waals surface area (Å²) in [7, 11) is 0. The van der Waals surface area contributed by atoms with Crippen LogP contribution in [0.4, 0.5) is 13.2 Å². The minimum Gasteiger partial charge on any atom is -0.406 e. The number of carbonyl (C=O) groups is 1. The summed E-state index contributed by atoms with van der Waals surface area (Å²) in [6.07, 6.45) is -3.83. The van der Waals surface area contributed by atoms with Crippen molar-refractivity contribution in [3.05, 3.63) is 29.8 Å². The molecule has 4 nitrogen and oxygen atoms in total. The fraction of sp³-hybridized carbons (Fsp3) is 0.533. The predicted molar refractivity (Wildman–Crippen MR) is 75.5 cm³/mol. The third-order valence-electron chi connectivity index (χ3n) is 3.61. The Balaban J connectivity index is 1.85. The van der Waals surface area contributed by atoms with Crippen LogP contribution in [0.5, 0.6) is 5.75 Å². The van der Waals surface area contributed by atoms with Crippen LogP contribution in [0, 0.1) is 0 Å². The van der Waals surface area contributed by atoms with E-state index < -0.39 is 6.36 Å². The van der Waals surface area contributed by atoms with Gasteiger partial charge in [-0.1, -0.05) is 12.1 Å². The third kappa shape index (κ3) is 4.91. The largest absolute Gasteiger partial charge is 0.573 e. The summed E-state index contributed by atoms with van der Waals surface area (Å²) in [5, 5.41) is 3.22. The second-order valence-corrected chi connectivity index (χ2v) is 5.33. The molecule has 1 atom stereocenters. The van der Waals surface area contributed by atoms with E-state index >= 15 is 0 Å². The lowest BCUT2D eigenvalue weighted by Crippen LogP contribution is -2.52. The van der Waals surface area contributed by atoms with Crippen LogP contribution in [-0.4, -0.2) is 42.8 Å². The lowest BCUT2D eigenvalue weighted by atomic mass is 10.1. The molecule has 1 N–H and O–H groups in total. The molecule has 0 bridgehead atoms. The molecular formula is C15H19F3N2O2. The van der Waals surface area contributed by atoms with Gasteiger partial charge in [-0.05, 0) is 31.0 Å². The first-order chi connectivity index (χ1) is 10.3. The van der Waals surface area contributed by atoms with Crippen molar-refractivity contribution >= 4 is 5.91 Å². The van der Waals surface area contributed by atoms with Gasteiger partial charge in [-0.3, -0.25) is 4.79 Å². The topological polar surface area (TPSA) is 41.6 Å². The molecule has 0 spiro atoms. The number of nitrogens with zero attached hydrogens (tertiary/aromatic N) is 1. The number of rotatable bonds is 4. The maximum atomic E-state index is 12.2. The quantitative estimate of drug-likeness (QED) is 0.927. The molecule has 0 aromatic heterocycles. The van der Waals surface area contributed by atoms with Gasteiger partial charge in [0, 0.05) is 32.1 Å². The van der Waals surface area contributed by atoms with E-state index in [2.05, 4.69) is 10.1 Å². The molecule has 1 aliphatic rings. The molecule has 1 fully saturated rings. The van der Waals surface area contributed by atoms with E-state index in [9.17, 15) is 18.0 Å². The third-order valence-corrected chi connectivity index (χ3v) is 3.61. The molecule has 1 aromatic carbocycles. The van der Waals surface area contributed by atoms with E-state index in [-0.39, 0.29) is 17.7 Å². The number of alkyl halides is 3. The van der Waals surface area contributed by atoms with Gasteiger partial charge in [0.2, 0.25) is 5.91 Å². The first kappa shape index (κ1) is 16.6. The van der Waals surface area contributed by atoms with Gasteiger partial charge in [0.05, 0.1) is 0 Å². The Bertz CT molecular complexity index is 503. The molecule has 0 aliphatic carbocycles. The normalized spacial score (nSPS) is 19.1. The smallest absolute Gasteiger partial charge is 0.406 e. The van der Waals surface area contributed by atoms with Crippen LogP contribution < -0.4 is 10.1 Å². The van der Waals surface area contributed by atoms with Crippen LogP contribution in [0.1, 0.15) is 18.9 Å². The Morgan fingerprint density at radius 1 is 1.36 bits per heavy atom. The first-order valence-electron chi connectivity index (χ1n) is 7.20. The summed E-state index contributed by atoms with van der Waals surface area (Å²) in [6.45, 7) is 4.26. The summed E-state index contributed by atoms with van der Waals surface area (Å²) in [6, 6.07) is 5.80. The van der Waals surface area contributed by atoms with E-state index in [1.807, 2.05) is 11.8 Å².